The molecule has 2 aliphatic heterocycles. The topological polar surface area (TPSA) is 59.1 Å². The van der Waals surface area contributed by atoms with Crippen molar-refractivity contribution in [3.05, 3.63) is 88.9 Å². The third-order valence-electron chi connectivity index (χ3n) is 5.88. The second-order valence-electron chi connectivity index (χ2n) is 8.07. The molecular formula is C26H23BrN2O4. The Morgan fingerprint density at radius 2 is 1.67 bits per heavy atom. The number of halogens is 1. The highest BCUT2D eigenvalue weighted by Crippen LogP contribution is 2.47. The number of carbonyl (C=O) groups is 2. The molecule has 2 saturated heterocycles. The van der Waals surface area contributed by atoms with Crippen molar-refractivity contribution in [1.82, 2.24) is 0 Å². The van der Waals surface area contributed by atoms with Crippen molar-refractivity contribution in [2.75, 3.05) is 16.6 Å². The van der Waals surface area contributed by atoms with Crippen LogP contribution in [0.15, 0.2) is 83.3 Å². The molecule has 7 heteroatoms. The van der Waals surface area contributed by atoms with Gasteiger partial charge < -0.3 is 4.74 Å². The highest BCUT2D eigenvalue weighted by molar-refractivity contribution is 9.10. The highest BCUT2D eigenvalue weighted by atomic mass is 79.9. The molecule has 2 heterocycles. The molecule has 0 saturated carbocycles. The molecule has 2 aliphatic rings. The van der Waals surface area contributed by atoms with Crippen LogP contribution in [-0.4, -0.2) is 24.5 Å². The standard InChI is InChI=1S/C26H23BrN2O4/c1-2-15-32-21-13-11-19(12-14-21)28-25(30)22-23(17-7-6-8-18(27)16-17)29(33-24(22)26(28)31)20-9-4-3-5-10-20/h3-14,16,22-24H,2,15H2,1H3/t22-,23+,24+/m0/s1. The number of rotatable bonds is 6. The second-order valence-corrected chi connectivity index (χ2v) is 8.98. The van der Waals surface area contributed by atoms with Crippen LogP contribution in [-0.2, 0) is 14.4 Å². The molecule has 0 radical (unpaired) electrons. The van der Waals surface area contributed by atoms with Crippen LogP contribution in [0.1, 0.15) is 24.9 Å². The highest BCUT2D eigenvalue weighted by Gasteiger charge is 2.60. The number of hydrogen-bond acceptors (Lipinski definition) is 5. The van der Waals surface area contributed by atoms with Crippen molar-refractivity contribution in [3.8, 4) is 5.75 Å². The van der Waals surface area contributed by atoms with Crippen molar-refractivity contribution < 1.29 is 19.2 Å². The van der Waals surface area contributed by atoms with Gasteiger partial charge in [0.05, 0.1) is 24.0 Å². The fourth-order valence-corrected chi connectivity index (χ4v) is 4.83. The fourth-order valence-electron chi connectivity index (χ4n) is 4.41. The first-order chi connectivity index (χ1) is 16.1. The minimum atomic E-state index is -0.891. The van der Waals surface area contributed by atoms with Crippen molar-refractivity contribution in [2.45, 2.75) is 25.5 Å². The minimum absolute atomic E-state index is 0.268. The quantitative estimate of drug-likeness (QED) is 0.425. The molecule has 0 bridgehead atoms. The molecule has 33 heavy (non-hydrogen) atoms. The summed E-state index contributed by atoms with van der Waals surface area (Å²) in [5.41, 5.74) is 2.21. The number of benzene rings is 3. The Morgan fingerprint density at radius 1 is 0.909 bits per heavy atom. The molecular weight excluding hydrogens is 484 g/mol. The molecule has 168 valence electrons. The monoisotopic (exact) mass is 506 g/mol. The molecule has 0 aromatic heterocycles. The summed E-state index contributed by atoms with van der Waals surface area (Å²) < 4.78 is 6.52. The molecule has 0 spiro atoms. The van der Waals surface area contributed by atoms with Gasteiger partial charge in [0.15, 0.2) is 6.10 Å². The van der Waals surface area contributed by atoms with Crippen LogP contribution >= 0.6 is 15.9 Å². The summed E-state index contributed by atoms with van der Waals surface area (Å²) in [4.78, 5) is 34.5. The van der Waals surface area contributed by atoms with E-state index in [0.717, 1.165) is 22.1 Å². The summed E-state index contributed by atoms with van der Waals surface area (Å²) in [5.74, 6) is -0.581. The van der Waals surface area contributed by atoms with E-state index < -0.39 is 18.1 Å². The molecule has 5 rings (SSSR count). The Kier molecular flexibility index (Phi) is 5.91. The van der Waals surface area contributed by atoms with Crippen LogP contribution in [0.2, 0.25) is 0 Å². The maximum Gasteiger partial charge on any atom is 0.266 e. The van der Waals surface area contributed by atoms with Gasteiger partial charge in [-0.2, -0.15) is 0 Å². The third kappa shape index (κ3) is 3.92. The van der Waals surface area contributed by atoms with Gasteiger partial charge in [-0.3, -0.25) is 14.4 Å². The van der Waals surface area contributed by atoms with Crippen LogP contribution in [0.5, 0.6) is 5.75 Å². The van der Waals surface area contributed by atoms with Crippen LogP contribution in [0.3, 0.4) is 0 Å². The molecule has 2 amide bonds. The summed E-state index contributed by atoms with van der Waals surface area (Å²) in [6, 6.07) is 23.9. The van der Waals surface area contributed by atoms with E-state index in [1.54, 1.807) is 29.3 Å². The first kappa shape index (κ1) is 21.7. The van der Waals surface area contributed by atoms with Gasteiger partial charge in [-0.25, -0.2) is 9.96 Å². The van der Waals surface area contributed by atoms with E-state index in [1.807, 2.05) is 61.5 Å². The van der Waals surface area contributed by atoms with Gasteiger partial charge in [0.25, 0.3) is 5.91 Å². The smallest absolute Gasteiger partial charge is 0.266 e. The van der Waals surface area contributed by atoms with Crippen molar-refractivity contribution >= 4 is 39.1 Å². The van der Waals surface area contributed by atoms with Gasteiger partial charge in [0, 0.05) is 4.47 Å². The number of para-hydroxylation sites is 1. The Morgan fingerprint density at radius 3 is 2.36 bits per heavy atom. The molecule has 0 aliphatic carbocycles. The number of hydrogen-bond donors (Lipinski definition) is 0. The number of anilines is 2. The van der Waals surface area contributed by atoms with Gasteiger partial charge >= 0.3 is 0 Å². The van der Waals surface area contributed by atoms with Gasteiger partial charge in [-0.05, 0) is 60.5 Å². The van der Waals surface area contributed by atoms with Crippen molar-refractivity contribution in [2.24, 2.45) is 5.92 Å². The predicted octanol–water partition coefficient (Wildman–Crippen LogP) is 5.29. The summed E-state index contributed by atoms with van der Waals surface area (Å²) in [7, 11) is 0. The fraction of sp³-hybridized carbons (Fsp3) is 0.231. The SMILES string of the molecule is CCCOc1ccc(N2C(=O)[C@H]3[C@@H](c4cccc(Br)c4)N(c4ccccc4)O[C@H]3C2=O)cc1. The van der Waals surface area contributed by atoms with Gasteiger partial charge in [-0.1, -0.05) is 53.2 Å². The lowest BCUT2D eigenvalue weighted by molar-refractivity contribution is -0.126. The van der Waals surface area contributed by atoms with E-state index in [1.165, 1.54) is 4.90 Å². The average Bonchev–Trinajstić information content (AvgIpc) is 3.35. The van der Waals surface area contributed by atoms with Gasteiger partial charge in [0.2, 0.25) is 5.91 Å². The van der Waals surface area contributed by atoms with E-state index in [2.05, 4.69) is 15.9 Å². The van der Waals surface area contributed by atoms with E-state index in [9.17, 15) is 9.59 Å². The predicted molar refractivity (Wildman–Crippen MR) is 129 cm³/mol. The molecule has 3 aromatic rings. The number of nitrogens with zero attached hydrogens (tertiary/aromatic N) is 2. The van der Waals surface area contributed by atoms with Crippen LogP contribution in [0.4, 0.5) is 11.4 Å². The number of fused-ring (bicyclic) bond motifs is 1. The molecule has 3 atom stereocenters. The van der Waals surface area contributed by atoms with E-state index >= 15 is 0 Å². The summed E-state index contributed by atoms with van der Waals surface area (Å²) in [6.07, 6.45) is 0.0122. The average molecular weight is 507 g/mol. The van der Waals surface area contributed by atoms with Crippen LogP contribution in [0.25, 0.3) is 0 Å². The van der Waals surface area contributed by atoms with Gasteiger partial charge in [-0.15, -0.1) is 0 Å². The van der Waals surface area contributed by atoms with E-state index in [-0.39, 0.29) is 11.8 Å². The zero-order valence-electron chi connectivity index (χ0n) is 18.1. The maximum absolute atomic E-state index is 13.7. The number of amides is 2. The Hall–Kier alpha value is -3.16. The first-order valence-electron chi connectivity index (χ1n) is 11.0. The van der Waals surface area contributed by atoms with Crippen molar-refractivity contribution in [3.63, 3.8) is 0 Å². The molecule has 2 fully saturated rings. The largest absolute Gasteiger partial charge is 0.494 e. The maximum atomic E-state index is 13.7. The molecule has 0 unspecified atom stereocenters. The minimum Gasteiger partial charge on any atom is -0.494 e. The van der Waals surface area contributed by atoms with Crippen LogP contribution < -0.4 is 14.7 Å². The third-order valence-corrected chi connectivity index (χ3v) is 6.38. The molecule has 0 N–H and O–H groups in total. The number of ether oxygens (including phenoxy) is 1. The second kappa shape index (κ2) is 9.00. The van der Waals surface area contributed by atoms with Crippen LogP contribution in [0, 0.1) is 5.92 Å². The molecule has 6 nitrogen and oxygen atoms in total. The first-order valence-corrected chi connectivity index (χ1v) is 11.7. The normalized spacial score (nSPS) is 22.1. The molecule has 3 aromatic carbocycles. The Labute approximate surface area is 200 Å². The van der Waals surface area contributed by atoms with Gasteiger partial charge in [0.1, 0.15) is 11.7 Å². The lowest BCUT2D eigenvalue weighted by atomic mass is 9.90. The summed E-state index contributed by atoms with van der Waals surface area (Å²) in [5, 5.41) is 1.70. The zero-order chi connectivity index (χ0) is 22.9. The van der Waals surface area contributed by atoms with E-state index in [4.69, 9.17) is 9.57 Å². The number of hydroxylamine groups is 1. The lowest BCUT2D eigenvalue weighted by Crippen LogP contribution is -2.37. The number of imide groups is 1. The summed E-state index contributed by atoms with van der Waals surface area (Å²) >= 11 is 3.52. The number of carbonyl (C=O) groups excluding carboxylic acids is 2. The zero-order valence-corrected chi connectivity index (χ0v) is 19.6. The van der Waals surface area contributed by atoms with E-state index in [0.29, 0.717) is 18.0 Å². The summed E-state index contributed by atoms with van der Waals surface area (Å²) in [6.45, 7) is 2.65. The Bertz CT molecular complexity index is 1170. The Balaban J connectivity index is 1.50. The van der Waals surface area contributed by atoms with Crippen molar-refractivity contribution in [1.29, 1.82) is 0 Å². The lowest BCUT2D eigenvalue weighted by Gasteiger charge is -2.29.